The molecular formula is C17H18N4OS. The van der Waals surface area contributed by atoms with E-state index in [1.165, 1.54) is 16.9 Å². The Hall–Kier alpha value is -2.21. The molecule has 1 aromatic carbocycles. The number of rotatable bonds is 2. The third-order valence-corrected chi connectivity index (χ3v) is 5.31. The van der Waals surface area contributed by atoms with Gasteiger partial charge < -0.3 is 4.90 Å². The molecule has 0 aliphatic carbocycles. The van der Waals surface area contributed by atoms with Gasteiger partial charge in [0.1, 0.15) is 5.52 Å². The van der Waals surface area contributed by atoms with Gasteiger partial charge in [-0.15, -0.1) is 16.4 Å². The van der Waals surface area contributed by atoms with Gasteiger partial charge in [-0.1, -0.05) is 17.3 Å². The first kappa shape index (κ1) is 14.4. The Bertz CT molecular complexity index is 832. The number of carbonyl (C=O) groups is 1. The predicted molar refractivity (Wildman–Crippen MR) is 90.8 cm³/mol. The molecular weight excluding hydrogens is 308 g/mol. The maximum atomic E-state index is 12.4. The van der Waals surface area contributed by atoms with Crippen LogP contribution >= 0.6 is 11.3 Å². The number of benzene rings is 1. The molecule has 1 aliphatic rings. The summed E-state index contributed by atoms with van der Waals surface area (Å²) in [7, 11) is 0. The molecule has 118 valence electrons. The fourth-order valence-corrected chi connectivity index (χ4v) is 3.88. The van der Waals surface area contributed by atoms with E-state index in [1.54, 1.807) is 0 Å². The van der Waals surface area contributed by atoms with Crippen LogP contribution in [0.15, 0.2) is 35.7 Å². The highest BCUT2D eigenvalue weighted by molar-refractivity contribution is 7.12. The lowest BCUT2D eigenvalue weighted by Gasteiger charge is -2.31. The molecule has 23 heavy (non-hydrogen) atoms. The molecule has 0 spiro atoms. The molecule has 3 aromatic rings. The van der Waals surface area contributed by atoms with E-state index in [-0.39, 0.29) is 5.91 Å². The number of hydrogen-bond acceptors (Lipinski definition) is 4. The Morgan fingerprint density at radius 3 is 2.83 bits per heavy atom. The quantitative estimate of drug-likeness (QED) is 0.726. The van der Waals surface area contributed by atoms with Gasteiger partial charge in [0.25, 0.3) is 5.91 Å². The van der Waals surface area contributed by atoms with Crippen molar-refractivity contribution in [1.82, 2.24) is 19.9 Å². The van der Waals surface area contributed by atoms with Crippen molar-refractivity contribution in [3.63, 3.8) is 0 Å². The highest BCUT2D eigenvalue weighted by Gasteiger charge is 2.26. The van der Waals surface area contributed by atoms with Crippen LogP contribution in [0.4, 0.5) is 0 Å². The van der Waals surface area contributed by atoms with Crippen LogP contribution in [0.2, 0.25) is 0 Å². The van der Waals surface area contributed by atoms with Gasteiger partial charge in [-0.25, -0.2) is 4.68 Å². The highest BCUT2D eigenvalue weighted by atomic mass is 32.1. The van der Waals surface area contributed by atoms with E-state index in [0.29, 0.717) is 6.04 Å². The molecule has 4 rings (SSSR count). The van der Waals surface area contributed by atoms with Gasteiger partial charge in [-0.3, -0.25) is 4.79 Å². The molecule has 3 heterocycles. The number of likely N-dealkylation sites (tertiary alicyclic amines) is 1. The zero-order chi connectivity index (χ0) is 15.8. The molecule has 6 heteroatoms. The zero-order valence-electron chi connectivity index (χ0n) is 13.0. The number of thiophene rings is 1. The summed E-state index contributed by atoms with van der Waals surface area (Å²) in [6.07, 6.45) is 1.84. The molecule has 1 aliphatic heterocycles. The van der Waals surface area contributed by atoms with Crippen molar-refractivity contribution in [1.29, 1.82) is 0 Å². The van der Waals surface area contributed by atoms with Crippen molar-refractivity contribution >= 4 is 28.3 Å². The Labute approximate surface area is 138 Å². The van der Waals surface area contributed by atoms with Gasteiger partial charge in [-0.2, -0.15) is 0 Å². The van der Waals surface area contributed by atoms with E-state index < -0.39 is 0 Å². The number of aryl methyl sites for hydroxylation is 1. The number of carbonyl (C=O) groups excluding carboxylic acids is 1. The van der Waals surface area contributed by atoms with Crippen LogP contribution in [0.5, 0.6) is 0 Å². The molecule has 1 fully saturated rings. The molecule has 1 amide bonds. The minimum Gasteiger partial charge on any atom is -0.338 e. The third kappa shape index (κ3) is 2.63. The maximum absolute atomic E-state index is 12.4. The summed E-state index contributed by atoms with van der Waals surface area (Å²) in [6, 6.07) is 10.4. The van der Waals surface area contributed by atoms with Gasteiger partial charge in [-0.05, 0) is 48.9 Å². The first-order valence-corrected chi connectivity index (χ1v) is 8.74. The van der Waals surface area contributed by atoms with Crippen LogP contribution in [-0.4, -0.2) is 38.9 Å². The van der Waals surface area contributed by atoms with Gasteiger partial charge in [0.2, 0.25) is 0 Å². The second-order valence-corrected chi connectivity index (χ2v) is 6.97. The summed E-state index contributed by atoms with van der Waals surface area (Å²) in [5.74, 6) is 0.150. The molecule has 2 aromatic heterocycles. The summed E-state index contributed by atoms with van der Waals surface area (Å²) >= 11 is 1.51. The molecule has 0 unspecified atom stereocenters. The Morgan fingerprint density at radius 1 is 1.26 bits per heavy atom. The van der Waals surface area contributed by atoms with Crippen molar-refractivity contribution in [3.8, 4) is 0 Å². The van der Waals surface area contributed by atoms with Crippen molar-refractivity contribution in [2.24, 2.45) is 0 Å². The van der Waals surface area contributed by atoms with Crippen molar-refractivity contribution in [2.45, 2.75) is 25.8 Å². The number of hydrogen-bond donors (Lipinski definition) is 0. The number of amides is 1. The average Bonchev–Trinajstić information content (AvgIpc) is 3.23. The molecule has 0 bridgehead atoms. The Kier molecular flexibility index (Phi) is 3.61. The summed E-state index contributed by atoms with van der Waals surface area (Å²) in [5.41, 5.74) is 3.22. The van der Waals surface area contributed by atoms with E-state index in [1.807, 2.05) is 27.1 Å². The van der Waals surface area contributed by atoms with E-state index in [0.717, 1.165) is 41.8 Å². The maximum Gasteiger partial charge on any atom is 0.263 e. The fourth-order valence-electron chi connectivity index (χ4n) is 3.19. The van der Waals surface area contributed by atoms with Crippen molar-refractivity contribution < 1.29 is 4.79 Å². The summed E-state index contributed by atoms with van der Waals surface area (Å²) in [5, 5.41) is 10.6. The topological polar surface area (TPSA) is 51.0 Å². The lowest BCUT2D eigenvalue weighted by atomic mass is 10.0. The summed E-state index contributed by atoms with van der Waals surface area (Å²) < 4.78 is 2.03. The van der Waals surface area contributed by atoms with Gasteiger partial charge >= 0.3 is 0 Å². The number of fused-ring (bicyclic) bond motifs is 1. The lowest BCUT2D eigenvalue weighted by Crippen LogP contribution is -2.38. The van der Waals surface area contributed by atoms with Gasteiger partial charge in [0, 0.05) is 13.1 Å². The Morgan fingerprint density at radius 2 is 2.09 bits per heavy atom. The number of nitrogens with zero attached hydrogens (tertiary/aromatic N) is 4. The van der Waals surface area contributed by atoms with Crippen LogP contribution in [0.1, 0.15) is 34.1 Å². The standard InChI is InChI=1S/C17H18N4OS/c1-12-4-5-15-14(11-12)18-19-21(15)13-6-8-20(9-7-13)17(22)16-3-2-10-23-16/h2-5,10-11,13H,6-9H2,1H3. The molecule has 0 radical (unpaired) electrons. The van der Waals surface area contributed by atoms with Crippen molar-refractivity contribution in [2.75, 3.05) is 13.1 Å². The van der Waals surface area contributed by atoms with Crippen LogP contribution in [0.3, 0.4) is 0 Å². The molecule has 1 saturated heterocycles. The highest BCUT2D eigenvalue weighted by Crippen LogP contribution is 2.27. The molecule has 0 atom stereocenters. The molecule has 0 N–H and O–H groups in total. The first-order valence-electron chi connectivity index (χ1n) is 7.87. The van der Waals surface area contributed by atoms with E-state index in [4.69, 9.17) is 0 Å². The second kappa shape index (κ2) is 5.77. The van der Waals surface area contributed by atoms with E-state index in [9.17, 15) is 4.79 Å². The largest absolute Gasteiger partial charge is 0.338 e. The van der Waals surface area contributed by atoms with Crippen molar-refractivity contribution in [3.05, 3.63) is 46.2 Å². The minimum atomic E-state index is 0.150. The van der Waals surface area contributed by atoms with E-state index >= 15 is 0 Å². The van der Waals surface area contributed by atoms with Crippen LogP contribution in [-0.2, 0) is 0 Å². The smallest absolute Gasteiger partial charge is 0.263 e. The SMILES string of the molecule is Cc1ccc2c(c1)nnn2C1CCN(C(=O)c2cccs2)CC1. The average molecular weight is 326 g/mol. The summed E-state index contributed by atoms with van der Waals surface area (Å²) in [4.78, 5) is 15.2. The normalized spacial score (nSPS) is 16.1. The van der Waals surface area contributed by atoms with E-state index in [2.05, 4.69) is 35.4 Å². The van der Waals surface area contributed by atoms with Crippen LogP contribution < -0.4 is 0 Å². The number of aromatic nitrogens is 3. The molecule has 5 nitrogen and oxygen atoms in total. The fraction of sp³-hybridized carbons (Fsp3) is 0.353. The summed E-state index contributed by atoms with van der Waals surface area (Å²) in [6.45, 7) is 3.61. The third-order valence-electron chi connectivity index (χ3n) is 4.46. The monoisotopic (exact) mass is 326 g/mol. The Balaban J connectivity index is 1.49. The predicted octanol–water partition coefficient (Wildman–Crippen LogP) is 3.28. The van der Waals surface area contributed by atoms with Gasteiger partial charge in [0.05, 0.1) is 16.4 Å². The number of piperidine rings is 1. The second-order valence-electron chi connectivity index (χ2n) is 6.03. The molecule has 0 saturated carbocycles. The van der Waals surface area contributed by atoms with Crippen LogP contribution in [0.25, 0.3) is 11.0 Å². The lowest BCUT2D eigenvalue weighted by molar-refractivity contribution is 0.0696. The first-order chi connectivity index (χ1) is 11.2. The van der Waals surface area contributed by atoms with Gasteiger partial charge in [0.15, 0.2) is 0 Å². The zero-order valence-corrected chi connectivity index (χ0v) is 13.8. The van der Waals surface area contributed by atoms with Crippen LogP contribution in [0, 0.1) is 6.92 Å². The minimum absolute atomic E-state index is 0.150.